The molecule has 0 aromatic heterocycles. The molecule has 1 amide bonds. The van der Waals surface area contributed by atoms with E-state index in [0.29, 0.717) is 5.92 Å². The molecule has 0 bridgehead atoms. The highest BCUT2D eigenvalue weighted by Crippen LogP contribution is 2.20. The van der Waals surface area contributed by atoms with Gasteiger partial charge < -0.3 is 20.3 Å². The summed E-state index contributed by atoms with van der Waals surface area (Å²) in [6.45, 7) is 11.6. The number of piperidine rings is 1. The lowest BCUT2D eigenvalue weighted by atomic mass is 9.95. The number of nitrogens with zero attached hydrogens (tertiary/aromatic N) is 1. The summed E-state index contributed by atoms with van der Waals surface area (Å²) in [6, 6.07) is 8.96. The number of carbonyl (C=O) groups is 3. The minimum Gasteiger partial charge on any atom is -0.473 e. The number of rotatable bonds is 9. The number of nitrogens with one attached hydrogen (secondary N) is 1. The molecule has 8 heteroatoms. The SMILES string of the molecule is CCOCCCNC(=O)C1CCN(Cc2ccc(C(C)C)cc2)CC1.O=C(O)C(=O)O. The summed E-state index contributed by atoms with van der Waals surface area (Å²) in [7, 11) is 0. The van der Waals surface area contributed by atoms with Gasteiger partial charge in [-0.1, -0.05) is 38.1 Å². The van der Waals surface area contributed by atoms with Crippen LogP contribution in [0.1, 0.15) is 57.1 Å². The molecule has 0 atom stereocenters. The van der Waals surface area contributed by atoms with Crippen molar-refractivity contribution in [3.63, 3.8) is 0 Å². The van der Waals surface area contributed by atoms with Gasteiger partial charge in [0, 0.05) is 32.2 Å². The lowest BCUT2D eigenvalue weighted by Crippen LogP contribution is -2.40. The number of carbonyl (C=O) groups excluding carboxylic acids is 1. The van der Waals surface area contributed by atoms with Crippen molar-refractivity contribution < 1.29 is 29.3 Å². The summed E-state index contributed by atoms with van der Waals surface area (Å²) in [6.07, 6.45) is 2.81. The number of hydrogen-bond acceptors (Lipinski definition) is 5. The summed E-state index contributed by atoms with van der Waals surface area (Å²) in [5, 5.41) is 17.8. The van der Waals surface area contributed by atoms with Gasteiger partial charge in [-0.25, -0.2) is 9.59 Å². The van der Waals surface area contributed by atoms with Gasteiger partial charge in [0.2, 0.25) is 5.91 Å². The fraction of sp³-hybridized carbons (Fsp3) is 0.609. The van der Waals surface area contributed by atoms with Crippen molar-refractivity contribution in [2.45, 2.75) is 52.5 Å². The molecule has 0 unspecified atom stereocenters. The second-order valence-electron chi connectivity index (χ2n) is 7.90. The molecule has 1 heterocycles. The molecule has 1 aliphatic rings. The molecular formula is C23H36N2O6. The maximum Gasteiger partial charge on any atom is 0.414 e. The monoisotopic (exact) mass is 436 g/mol. The van der Waals surface area contributed by atoms with Crippen molar-refractivity contribution >= 4 is 17.8 Å². The van der Waals surface area contributed by atoms with E-state index in [-0.39, 0.29) is 11.8 Å². The van der Waals surface area contributed by atoms with E-state index in [1.165, 1.54) is 11.1 Å². The molecule has 0 spiro atoms. The van der Waals surface area contributed by atoms with Gasteiger partial charge in [0.1, 0.15) is 0 Å². The molecule has 3 N–H and O–H groups in total. The minimum atomic E-state index is -1.82. The van der Waals surface area contributed by atoms with Crippen LogP contribution in [0.4, 0.5) is 0 Å². The van der Waals surface area contributed by atoms with Crippen molar-refractivity contribution in [3.8, 4) is 0 Å². The zero-order valence-corrected chi connectivity index (χ0v) is 18.8. The molecule has 1 aliphatic heterocycles. The fourth-order valence-electron chi connectivity index (χ4n) is 3.29. The second kappa shape index (κ2) is 14.5. The number of hydrogen-bond donors (Lipinski definition) is 3. The summed E-state index contributed by atoms with van der Waals surface area (Å²) in [4.78, 5) is 32.9. The van der Waals surface area contributed by atoms with Gasteiger partial charge in [-0.05, 0) is 56.3 Å². The van der Waals surface area contributed by atoms with E-state index < -0.39 is 11.9 Å². The number of likely N-dealkylation sites (tertiary alicyclic amines) is 1. The highest BCUT2D eigenvalue weighted by atomic mass is 16.5. The Hall–Kier alpha value is -2.45. The van der Waals surface area contributed by atoms with Gasteiger partial charge >= 0.3 is 11.9 Å². The van der Waals surface area contributed by atoms with Crippen LogP contribution in [0.15, 0.2) is 24.3 Å². The third kappa shape index (κ3) is 10.9. The molecule has 0 saturated carbocycles. The van der Waals surface area contributed by atoms with Crippen LogP contribution in [0.2, 0.25) is 0 Å². The van der Waals surface area contributed by atoms with E-state index in [0.717, 1.165) is 58.7 Å². The van der Waals surface area contributed by atoms with Crippen molar-refractivity contribution in [1.82, 2.24) is 10.2 Å². The predicted molar refractivity (Wildman–Crippen MR) is 118 cm³/mol. The Labute approximate surface area is 184 Å². The average Bonchev–Trinajstić information content (AvgIpc) is 2.74. The normalized spacial score (nSPS) is 14.6. The molecule has 174 valence electrons. The Balaban J connectivity index is 0.000000703. The van der Waals surface area contributed by atoms with Gasteiger partial charge in [0.15, 0.2) is 0 Å². The van der Waals surface area contributed by atoms with Gasteiger partial charge in [-0.2, -0.15) is 0 Å². The van der Waals surface area contributed by atoms with E-state index in [1.54, 1.807) is 0 Å². The smallest absolute Gasteiger partial charge is 0.414 e. The van der Waals surface area contributed by atoms with Crippen LogP contribution in [-0.4, -0.2) is 65.8 Å². The van der Waals surface area contributed by atoms with Crippen molar-refractivity contribution in [3.05, 3.63) is 35.4 Å². The summed E-state index contributed by atoms with van der Waals surface area (Å²) in [5.41, 5.74) is 2.76. The van der Waals surface area contributed by atoms with Crippen molar-refractivity contribution in [1.29, 1.82) is 0 Å². The Morgan fingerprint density at radius 1 is 1.10 bits per heavy atom. The van der Waals surface area contributed by atoms with Crippen LogP contribution in [0.5, 0.6) is 0 Å². The fourth-order valence-corrected chi connectivity index (χ4v) is 3.29. The standard InChI is InChI=1S/C21H34N2O2.C2H2O4/c1-4-25-15-5-12-22-21(24)20-10-13-23(14-11-20)16-18-6-8-19(9-7-18)17(2)3;3-1(4)2(5)6/h6-9,17,20H,4-5,10-16H2,1-3H3,(H,22,24);(H,3,4)(H,5,6). The first-order valence-corrected chi connectivity index (χ1v) is 10.9. The zero-order chi connectivity index (χ0) is 23.2. The topological polar surface area (TPSA) is 116 Å². The molecule has 0 aliphatic carbocycles. The molecule has 31 heavy (non-hydrogen) atoms. The Bertz CT molecular complexity index is 670. The molecule has 1 saturated heterocycles. The number of ether oxygens (including phenoxy) is 1. The maximum absolute atomic E-state index is 12.2. The van der Waals surface area contributed by atoms with Crippen LogP contribution < -0.4 is 5.32 Å². The van der Waals surface area contributed by atoms with Crippen molar-refractivity contribution in [2.75, 3.05) is 32.8 Å². The third-order valence-corrected chi connectivity index (χ3v) is 5.16. The molecule has 1 aromatic rings. The van der Waals surface area contributed by atoms with E-state index in [1.807, 2.05) is 6.92 Å². The van der Waals surface area contributed by atoms with Gasteiger partial charge in [0.05, 0.1) is 0 Å². The summed E-state index contributed by atoms with van der Waals surface area (Å²) >= 11 is 0. The Kier molecular flexibility index (Phi) is 12.5. The van der Waals surface area contributed by atoms with E-state index >= 15 is 0 Å². The summed E-state index contributed by atoms with van der Waals surface area (Å²) in [5.74, 6) is -2.68. The van der Waals surface area contributed by atoms with Gasteiger partial charge in [-0.15, -0.1) is 0 Å². The van der Waals surface area contributed by atoms with Crippen LogP contribution in [0.25, 0.3) is 0 Å². The number of carboxylic acid groups (broad SMARTS) is 2. The van der Waals surface area contributed by atoms with Crippen LogP contribution in [0, 0.1) is 5.92 Å². The summed E-state index contributed by atoms with van der Waals surface area (Å²) < 4.78 is 5.29. The van der Waals surface area contributed by atoms with Crippen molar-refractivity contribution in [2.24, 2.45) is 5.92 Å². The number of aliphatic carboxylic acids is 2. The number of carboxylic acids is 2. The molecule has 1 aromatic carbocycles. The predicted octanol–water partition coefficient (Wildman–Crippen LogP) is 2.72. The minimum absolute atomic E-state index is 0.173. The second-order valence-corrected chi connectivity index (χ2v) is 7.90. The van der Waals surface area contributed by atoms with Crippen LogP contribution in [-0.2, 0) is 25.7 Å². The average molecular weight is 437 g/mol. The quantitative estimate of drug-likeness (QED) is 0.403. The molecular weight excluding hydrogens is 400 g/mol. The number of benzene rings is 1. The first kappa shape index (κ1) is 26.6. The zero-order valence-electron chi connectivity index (χ0n) is 18.8. The highest BCUT2D eigenvalue weighted by Gasteiger charge is 2.24. The van der Waals surface area contributed by atoms with Crippen LogP contribution >= 0.6 is 0 Å². The third-order valence-electron chi connectivity index (χ3n) is 5.16. The molecule has 0 radical (unpaired) electrons. The van der Waals surface area contributed by atoms with Gasteiger partial charge in [0.25, 0.3) is 0 Å². The van der Waals surface area contributed by atoms with E-state index in [4.69, 9.17) is 24.5 Å². The largest absolute Gasteiger partial charge is 0.473 e. The molecule has 1 fully saturated rings. The van der Waals surface area contributed by atoms with Crippen LogP contribution in [0.3, 0.4) is 0 Å². The molecule has 8 nitrogen and oxygen atoms in total. The van der Waals surface area contributed by atoms with Gasteiger partial charge in [-0.3, -0.25) is 9.69 Å². The Morgan fingerprint density at radius 2 is 1.68 bits per heavy atom. The maximum atomic E-state index is 12.2. The van der Waals surface area contributed by atoms with E-state index in [9.17, 15) is 4.79 Å². The lowest BCUT2D eigenvalue weighted by Gasteiger charge is -2.31. The lowest BCUT2D eigenvalue weighted by molar-refractivity contribution is -0.159. The van der Waals surface area contributed by atoms with E-state index in [2.05, 4.69) is 48.3 Å². The molecule has 2 rings (SSSR count). The highest BCUT2D eigenvalue weighted by molar-refractivity contribution is 6.27. The number of amides is 1. The Morgan fingerprint density at radius 3 is 2.16 bits per heavy atom. The first-order valence-electron chi connectivity index (χ1n) is 10.9. The first-order chi connectivity index (χ1) is 14.7.